The van der Waals surface area contributed by atoms with Crippen LogP contribution in [0, 0.1) is 5.41 Å². The molecular weight excluding hydrogens is 220 g/mol. The van der Waals surface area contributed by atoms with Gasteiger partial charge in [-0.15, -0.1) is 6.58 Å². The van der Waals surface area contributed by atoms with Crippen molar-refractivity contribution in [1.29, 1.82) is 0 Å². The van der Waals surface area contributed by atoms with E-state index in [4.69, 9.17) is 21.7 Å². The molecule has 0 radical (unpaired) electrons. The van der Waals surface area contributed by atoms with Crippen LogP contribution in [0.4, 0.5) is 0 Å². The molecule has 0 bridgehead atoms. The summed E-state index contributed by atoms with van der Waals surface area (Å²) in [6.07, 6.45) is 5.37. The van der Waals surface area contributed by atoms with Crippen LogP contribution in [0.5, 0.6) is 0 Å². The molecule has 0 N–H and O–H groups in total. The zero-order valence-electron chi connectivity index (χ0n) is 10.5. The molecule has 16 heavy (non-hydrogen) atoms. The van der Waals surface area contributed by atoms with Crippen molar-refractivity contribution < 1.29 is 9.47 Å². The Morgan fingerprint density at radius 1 is 1.62 bits per heavy atom. The summed E-state index contributed by atoms with van der Waals surface area (Å²) in [5.41, 5.74) is -0.210. The van der Waals surface area contributed by atoms with Crippen LogP contribution < -0.4 is 0 Å². The highest BCUT2D eigenvalue weighted by Crippen LogP contribution is 2.38. The Kier molecular flexibility index (Phi) is 4.93. The van der Waals surface area contributed by atoms with Crippen LogP contribution in [0.25, 0.3) is 0 Å². The Morgan fingerprint density at radius 2 is 2.31 bits per heavy atom. The van der Waals surface area contributed by atoms with Gasteiger partial charge in [0.15, 0.2) is 5.05 Å². The highest BCUT2D eigenvalue weighted by molar-refractivity contribution is 7.80. The summed E-state index contributed by atoms with van der Waals surface area (Å²) in [5, 5.41) is 0.661. The zero-order valence-corrected chi connectivity index (χ0v) is 11.3. The highest BCUT2D eigenvalue weighted by atomic mass is 32.1. The van der Waals surface area contributed by atoms with Crippen LogP contribution in [0.2, 0.25) is 0 Å². The summed E-state index contributed by atoms with van der Waals surface area (Å²) in [4.78, 5) is 0. The van der Waals surface area contributed by atoms with Crippen molar-refractivity contribution in [3.63, 3.8) is 0 Å². The monoisotopic (exact) mass is 242 g/mol. The maximum atomic E-state index is 5.93. The van der Waals surface area contributed by atoms with E-state index in [0.717, 1.165) is 19.3 Å². The molecule has 0 aromatic heterocycles. The SMILES string of the molecule is C=CCC(C)(C(=S)OCC)[C@H]1CC[C@H](C)O1. The predicted octanol–water partition coefficient (Wildman–Crippen LogP) is 3.50. The fourth-order valence-electron chi connectivity index (χ4n) is 2.21. The average Bonchev–Trinajstić information content (AvgIpc) is 2.66. The topological polar surface area (TPSA) is 18.5 Å². The molecule has 0 aromatic rings. The molecule has 1 unspecified atom stereocenters. The van der Waals surface area contributed by atoms with E-state index in [-0.39, 0.29) is 11.5 Å². The Morgan fingerprint density at radius 3 is 2.75 bits per heavy atom. The summed E-state index contributed by atoms with van der Waals surface area (Å²) in [6.45, 7) is 10.6. The second-order valence-corrected chi connectivity index (χ2v) is 5.01. The summed E-state index contributed by atoms with van der Waals surface area (Å²) in [6, 6.07) is 0. The van der Waals surface area contributed by atoms with Crippen LogP contribution in [-0.4, -0.2) is 23.9 Å². The molecule has 1 fully saturated rings. The molecule has 1 rings (SSSR count). The van der Waals surface area contributed by atoms with Crippen LogP contribution in [0.1, 0.15) is 40.0 Å². The van der Waals surface area contributed by atoms with Gasteiger partial charge in [-0.05, 0) is 52.3 Å². The molecule has 0 saturated carbocycles. The molecule has 0 aromatic carbocycles. The second kappa shape index (κ2) is 5.78. The largest absolute Gasteiger partial charge is 0.487 e. The first-order valence-electron chi connectivity index (χ1n) is 5.98. The molecule has 1 aliphatic rings. The van der Waals surface area contributed by atoms with E-state index in [1.165, 1.54) is 0 Å². The van der Waals surface area contributed by atoms with Gasteiger partial charge in [0.05, 0.1) is 24.2 Å². The van der Waals surface area contributed by atoms with Crippen molar-refractivity contribution in [1.82, 2.24) is 0 Å². The van der Waals surface area contributed by atoms with E-state index >= 15 is 0 Å². The van der Waals surface area contributed by atoms with E-state index in [1.54, 1.807) is 0 Å². The van der Waals surface area contributed by atoms with E-state index < -0.39 is 0 Å². The lowest BCUT2D eigenvalue weighted by atomic mass is 9.80. The van der Waals surface area contributed by atoms with Crippen molar-refractivity contribution in [3.8, 4) is 0 Å². The van der Waals surface area contributed by atoms with Crippen molar-refractivity contribution in [2.24, 2.45) is 5.41 Å². The number of allylic oxidation sites excluding steroid dienone is 1. The summed E-state index contributed by atoms with van der Waals surface area (Å²) in [7, 11) is 0. The minimum absolute atomic E-state index is 0.166. The maximum Gasteiger partial charge on any atom is 0.168 e. The molecule has 1 heterocycles. The lowest BCUT2D eigenvalue weighted by molar-refractivity contribution is -0.00172. The Hall–Kier alpha value is -0.410. The van der Waals surface area contributed by atoms with Gasteiger partial charge in [0.2, 0.25) is 0 Å². The molecule has 0 amide bonds. The molecule has 1 aliphatic heterocycles. The zero-order chi connectivity index (χ0) is 12.2. The third kappa shape index (κ3) is 2.83. The summed E-state index contributed by atoms with van der Waals surface area (Å²) >= 11 is 5.38. The van der Waals surface area contributed by atoms with Crippen molar-refractivity contribution in [2.75, 3.05) is 6.61 Å². The van der Waals surface area contributed by atoms with E-state index in [2.05, 4.69) is 20.4 Å². The lowest BCUT2D eigenvalue weighted by Crippen LogP contribution is -2.40. The van der Waals surface area contributed by atoms with E-state index in [9.17, 15) is 0 Å². The van der Waals surface area contributed by atoms with Crippen molar-refractivity contribution >= 4 is 17.3 Å². The first-order valence-corrected chi connectivity index (χ1v) is 6.39. The lowest BCUT2D eigenvalue weighted by Gasteiger charge is -2.34. The smallest absolute Gasteiger partial charge is 0.168 e. The van der Waals surface area contributed by atoms with Crippen molar-refractivity contribution in [3.05, 3.63) is 12.7 Å². The van der Waals surface area contributed by atoms with Gasteiger partial charge in [0, 0.05) is 0 Å². The number of hydrogen-bond acceptors (Lipinski definition) is 3. The van der Waals surface area contributed by atoms with Gasteiger partial charge in [0.1, 0.15) is 0 Å². The van der Waals surface area contributed by atoms with Gasteiger partial charge in [0.25, 0.3) is 0 Å². The van der Waals surface area contributed by atoms with Gasteiger partial charge < -0.3 is 9.47 Å². The number of rotatable bonds is 5. The molecule has 3 heteroatoms. The van der Waals surface area contributed by atoms with Gasteiger partial charge >= 0.3 is 0 Å². The minimum Gasteiger partial charge on any atom is -0.487 e. The van der Waals surface area contributed by atoms with E-state index in [1.807, 2.05) is 13.0 Å². The van der Waals surface area contributed by atoms with Crippen LogP contribution >= 0.6 is 12.2 Å². The molecule has 92 valence electrons. The fourth-order valence-corrected chi connectivity index (χ4v) is 2.55. The molecule has 3 atom stereocenters. The van der Waals surface area contributed by atoms with Crippen LogP contribution in [-0.2, 0) is 9.47 Å². The Balaban J connectivity index is 2.78. The molecule has 0 spiro atoms. The third-order valence-electron chi connectivity index (χ3n) is 3.25. The van der Waals surface area contributed by atoms with Gasteiger partial charge in [-0.25, -0.2) is 0 Å². The van der Waals surface area contributed by atoms with Gasteiger partial charge in [-0.2, -0.15) is 0 Å². The number of hydrogen-bond donors (Lipinski definition) is 0. The highest BCUT2D eigenvalue weighted by Gasteiger charge is 2.42. The molecule has 0 aliphatic carbocycles. The maximum absolute atomic E-state index is 5.93. The van der Waals surface area contributed by atoms with Gasteiger partial charge in [-0.3, -0.25) is 0 Å². The third-order valence-corrected chi connectivity index (χ3v) is 3.84. The summed E-state index contributed by atoms with van der Waals surface area (Å²) in [5.74, 6) is 0. The number of ether oxygens (including phenoxy) is 2. The standard InChI is InChI=1S/C13H22O2S/c1-5-9-13(4,12(16)14-6-2)11-8-7-10(3)15-11/h5,10-11H,1,6-9H2,2-4H3/t10-,11+,13?/m0/s1. The average molecular weight is 242 g/mol. The fraction of sp³-hybridized carbons (Fsp3) is 0.769. The first kappa shape index (κ1) is 13.7. The molecular formula is C13H22O2S. The quantitative estimate of drug-likeness (QED) is 0.543. The summed E-state index contributed by atoms with van der Waals surface area (Å²) < 4.78 is 11.4. The van der Waals surface area contributed by atoms with Crippen LogP contribution in [0.15, 0.2) is 12.7 Å². The van der Waals surface area contributed by atoms with Crippen molar-refractivity contribution in [2.45, 2.75) is 52.2 Å². The molecule has 2 nitrogen and oxygen atoms in total. The predicted molar refractivity (Wildman–Crippen MR) is 70.7 cm³/mol. The molecule has 1 saturated heterocycles. The van der Waals surface area contributed by atoms with E-state index in [0.29, 0.717) is 17.8 Å². The minimum atomic E-state index is -0.210. The Labute approximate surface area is 104 Å². The first-order chi connectivity index (χ1) is 7.54. The second-order valence-electron chi connectivity index (χ2n) is 4.64. The number of thiocarbonyl (C=S) groups is 1. The van der Waals surface area contributed by atoms with Gasteiger partial charge in [-0.1, -0.05) is 6.08 Å². The Bertz CT molecular complexity index is 265. The van der Waals surface area contributed by atoms with Crippen LogP contribution in [0.3, 0.4) is 0 Å². The normalized spacial score (nSPS) is 28.4.